The second-order valence-corrected chi connectivity index (χ2v) is 10.8. The minimum absolute atomic E-state index is 0.00945. The number of ether oxygens (including phenoxy) is 1. The Morgan fingerprint density at radius 1 is 1.07 bits per heavy atom. The van der Waals surface area contributed by atoms with Crippen molar-refractivity contribution in [2.75, 3.05) is 45.9 Å². The Balaban J connectivity index is 1.32. The highest BCUT2D eigenvalue weighted by atomic mass is 35.5. The zero-order chi connectivity index (χ0) is 28.5. The predicted molar refractivity (Wildman–Crippen MR) is 152 cm³/mol. The van der Waals surface area contributed by atoms with Crippen LogP contribution in [0.4, 0.5) is 4.39 Å². The van der Waals surface area contributed by atoms with Crippen LogP contribution in [0.15, 0.2) is 48.5 Å². The van der Waals surface area contributed by atoms with E-state index in [1.165, 1.54) is 18.2 Å². The number of benzene rings is 2. The van der Waals surface area contributed by atoms with Gasteiger partial charge >= 0.3 is 0 Å². The SMILES string of the molecule is CC1CN(Cc2ccc(F)cc2)CCN1C(=O)/C=C/c1ccc(Cl)cc1C(=O)NC1CCN(CCOC=O)CC1. The van der Waals surface area contributed by atoms with Gasteiger partial charge in [0.25, 0.3) is 12.4 Å². The van der Waals surface area contributed by atoms with Gasteiger partial charge in [0.2, 0.25) is 5.91 Å². The first kappa shape index (κ1) is 29.7. The van der Waals surface area contributed by atoms with Gasteiger partial charge in [-0.05, 0) is 61.2 Å². The van der Waals surface area contributed by atoms with Crippen molar-refractivity contribution in [3.8, 4) is 0 Å². The molecule has 0 aromatic heterocycles. The van der Waals surface area contributed by atoms with Crippen LogP contribution >= 0.6 is 11.6 Å². The molecule has 8 nitrogen and oxygen atoms in total. The molecule has 2 aliphatic heterocycles. The molecule has 0 spiro atoms. The molecule has 4 rings (SSSR count). The van der Waals surface area contributed by atoms with Gasteiger partial charge in [0.1, 0.15) is 12.4 Å². The summed E-state index contributed by atoms with van der Waals surface area (Å²) in [4.78, 5) is 42.9. The van der Waals surface area contributed by atoms with Gasteiger partial charge in [0, 0.05) is 74.6 Å². The van der Waals surface area contributed by atoms with E-state index in [0.29, 0.717) is 55.4 Å². The van der Waals surface area contributed by atoms with E-state index in [9.17, 15) is 18.8 Å². The standard InChI is InChI=1S/C30H36ClFN4O4/c1-22-19-35(20-23-2-7-26(32)8-3-23)14-15-36(22)29(38)9-5-24-4-6-25(31)18-28(24)30(39)33-27-10-12-34(13-11-27)16-17-40-21-37/h2-9,18,21-22,27H,10-17,19-20H2,1H3,(H,33,39)/b9-5+. The van der Waals surface area contributed by atoms with Gasteiger partial charge in [-0.25, -0.2) is 4.39 Å². The number of hydrogen-bond donors (Lipinski definition) is 1. The summed E-state index contributed by atoms with van der Waals surface area (Å²) in [7, 11) is 0. The number of piperidine rings is 1. The van der Waals surface area contributed by atoms with E-state index < -0.39 is 0 Å². The fourth-order valence-electron chi connectivity index (χ4n) is 5.27. The normalized spacial score (nSPS) is 19.1. The molecule has 40 heavy (non-hydrogen) atoms. The fourth-order valence-corrected chi connectivity index (χ4v) is 5.45. The average Bonchev–Trinajstić information content (AvgIpc) is 2.94. The first-order chi connectivity index (χ1) is 19.3. The third-order valence-electron chi connectivity index (χ3n) is 7.50. The zero-order valence-electron chi connectivity index (χ0n) is 22.7. The van der Waals surface area contributed by atoms with Crippen molar-refractivity contribution in [2.24, 2.45) is 0 Å². The van der Waals surface area contributed by atoms with Crippen LogP contribution in [-0.4, -0.2) is 90.9 Å². The number of rotatable bonds is 10. The van der Waals surface area contributed by atoms with Crippen LogP contribution in [0, 0.1) is 5.82 Å². The molecule has 1 N–H and O–H groups in total. The van der Waals surface area contributed by atoms with E-state index >= 15 is 0 Å². The predicted octanol–water partition coefficient (Wildman–Crippen LogP) is 3.59. The van der Waals surface area contributed by atoms with Gasteiger partial charge in [-0.1, -0.05) is 29.8 Å². The van der Waals surface area contributed by atoms with Crippen LogP contribution in [0.2, 0.25) is 5.02 Å². The van der Waals surface area contributed by atoms with Crippen molar-refractivity contribution in [3.05, 3.63) is 76.1 Å². The molecule has 2 aromatic rings. The summed E-state index contributed by atoms with van der Waals surface area (Å²) in [6.45, 7) is 7.85. The largest absolute Gasteiger partial charge is 0.467 e. The number of nitrogens with one attached hydrogen (secondary N) is 1. The van der Waals surface area contributed by atoms with E-state index in [-0.39, 0.29) is 29.7 Å². The van der Waals surface area contributed by atoms with E-state index in [1.54, 1.807) is 36.4 Å². The van der Waals surface area contributed by atoms with Crippen LogP contribution < -0.4 is 5.32 Å². The lowest BCUT2D eigenvalue weighted by atomic mass is 10.0. The second kappa shape index (κ2) is 14.4. The maximum atomic E-state index is 13.2. The summed E-state index contributed by atoms with van der Waals surface area (Å²) >= 11 is 6.22. The van der Waals surface area contributed by atoms with Crippen LogP contribution in [0.1, 0.15) is 41.3 Å². The zero-order valence-corrected chi connectivity index (χ0v) is 23.5. The van der Waals surface area contributed by atoms with Crippen molar-refractivity contribution in [1.29, 1.82) is 0 Å². The Bertz CT molecular complexity index is 1200. The Morgan fingerprint density at radius 3 is 2.52 bits per heavy atom. The van der Waals surface area contributed by atoms with Gasteiger partial charge in [0.15, 0.2) is 0 Å². The average molecular weight is 571 g/mol. The molecule has 2 aromatic carbocycles. The number of halogens is 2. The maximum absolute atomic E-state index is 13.2. The summed E-state index contributed by atoms with van der Waals surface area (Å²) in [5.74, 6) is -0.582. The molecule has 214 valence electrons. The fraction of sp³-hybridized carbons (Fsp3) is 0.433. The lowest BCUT2D eigenvalue weighted by Crippen LogP contribution is -2.53. The molecule has 2 heterocycles. The summed E-state index contributed by atoms with van der Waals surface area (Å²) in [6, 6.07) is 11.6. The lowest BCUT2D eigenvalue weighted by Gasteiger charge is -2.39. The van der Waals surface area contributed by atoms with Gasteiger partial charge in [-0.15, -0.1) is 0 Å². The first-order valence-corrected chi connectivity index (χ1v) is 14.0. The monoisotopic (exact) mass is 570 g/mol. The van der Waals surface area contributed by atoms with Crippen molar-refractivity contribution in [2.45, 2.75) is 38.4 Å². The van der Waals surface area contributed by atoms with Gasteiger partial charge < -0.3 is 15.0 Å². The molecule has 2 saturated heterocycles. The first-order valence-electron chi connectivity index (χ1n) is 13.7. The summed E-state index contributed by atoms with van der Waals surface area (Å²) in [5, 5.41) is 3.56. The van der Waals surface area contributed by atoms with E-state index in [4.69, 9.17) is 16.3 Å². The second-order valence-electron chi connectivity index (χ2n) is 10.4. The quantitative estimate of drug-likeness (QED) is 0.267. The molecule has 0 saturated carbocycles. The molecular formula is C30H36ClFN4O4. The third kappa shape index (κ3) is 8.36. The number of piperazine rings is 1. The third-order valence-corrected chi connectivity index (χ3v) is 7.73. The summed E-state index contributed by atoms with van der Waals surface area (Å²) in [5.41, 5.74) is 2.09. The van der Waals surface area contributed by atoms with Crippen molar-refractivity contribution >= 4 is 36.0 Å². The van der Waals surface area contributed by atoms with Crippen LogP contribution in [0.3, 0.4) is 0 Å². The highest BCUT2D eigenvalue weighted by Gasteiger charge is 2.26. The number of likely N-dealkylation sites (tertiary alicyclic amines) is 1. The molecule has 0 radical (unpaired) electrons. The molecule has 2 fully saturated rings. The number of nitrogens with zero attached hydrogens (tertiary/aromatic N) is 3. The molecule has 1 unspecified atom stereocenters. The Labute approximate surface area is 239 Å². The number of amides is 2. The molecule has 10 heteroatoms. The van der Waals surface area contributed by atoms with Gasteiger partial charge in [-0.3, -0.25) is 24.2 Å². The molecule has 2 aliphatic rings. The highest BCUT2D eigenvalue weighted by Crippen LogP contribution is 2.20. The Kier molecular flexibility index (Phi) is 10.7. The van der Waals surface area contributed by atoms with E-state index in [0.717, 1.165) is 38.0 Å². The molecular weight excluding hydrogens is 535 g/mol. The Morgan fingerprint density at radius 2 is 1.82 bits per heavy atom. The van der Waals surface area contributed by atoms with Crippen LogP contribution in [-0.2, 0) is 20.9 Å². The minimum atomic E-state index is -0.250. The number of carbonyl (C=O) groups is 3. The smallest absolute Gasteiger partial charge is 0.293 e. The lowest BCUT2D eigenvalue weighted by molar-refractivity contribution is -0.130. The van der Waals surface area contributed by atoms with Crippen LogP contribution in [0.25, 0.3) is 6.08 Å². The minimum Gasteiger partial charge on any atom is -0.467 e. The van der Waals surface area contributed by atoms with E-state index in [1.807, 2.05) is 11.8 Å². The topological polar surface area (TPSA) is 82.2 Å². The maximum Gasteiger partial charge on any atom is 0.293 e. The van der Waals surface area contributed by atoms with Crippen molar-refractivity contribution < 1.29 is 23.5 Å². The molecule has 2 amide bonds. The van der Waals surface area contributed by atoms with Crippen molar-refractivity contribution in [3.63, 3.8) is 0 Å². The number of hydrogen-bond acceptors (Lipinski definition) is 6. The molecule has 0 aliphatic carbocycles. The van der Waals surface area contributed by atoms with E-state index in [2.05, 4.69) is 15.1 Å². The summed E-state index contributed by atoms with van der Waals surface area (Å²) < 4.78 is 18.0. The van der Waals surface area contributed by atoms with Gasteiger partial charge in [0.05, 0.1) is 0 Å². The highest BCUT2D eigenvalue weighted by molar-refractivity contribution is 6.31. The van der Waals surface area contributed by atoms with Crippen LogP contribution in [0.5, 0.6) is 0 Å². The molecule has 0 bridgehead atoms. The Hall–Kier alpha value is -3.27. The van der Waals surface area contributed by atoms with Crippen molar-refractivity contribution in [1.82, 2.24) is 20.0 Å². The van der Waals surface area contributed by atoms with Gasteiger partial charge in [-0.2, -0.15) is 0 Å². The molecule has 1 atom stereocenters. The number of carbonyl (C=O) groups excluding carboxylic acids is 3. The summed E-state index contributed by atoms with van der Waals surface area (Å²) in [6.07, 6.45) is 4.79.